The van der Waals surface area contributed by atoms with Crippen LogP contribution in [0.25, 0.3) is 0 Å². The number of isocyanates is 2. The summed E-state index contributed by atoms with van der Waals surface area (Å²) in [6, 6.07) is -0.578. The van der Waals surface area contributed by atoms with E-state index in [4.69, 9.17) is 5.11 Å². The standard InChI is InChI=1S/C15H22N2O5/c1-11(20)8-13(12(2)15(21)22)14(17-10-19)6-4-3-5-7-16-9-18/h11,13-14,20H,2-8H2,1H3,(H,21,22). The van der Waals surface area contributed by atoms with Gasteiger partial charge in [0.1, 0.15) is 0 Å². The molecule has 2 N–H and O–H groups in total. The Balaban J connectivity index is 4.75. The van der Waals surface area contributed by atoms with Crippen LogP contribution < -0.4 is 0 Å². The van der Waals surface area contributed by atoms with Crippen molar-refractivity contribution in [1.82, 2.24) is 0 Å². The topological polar surface area (TPSA) is 116 Å². The summed E-state index contributed by atoms with van der Waals surface area (Å²) in [7, 11) is 0. The highest BCUT2D eigenvalue weighted by Crippen LogP contribution is 2.26. The molecule has 0 heterocycles. The fraction of sp³-hybridized carbons (Fsp3) is 0.667. The first-order valence-electron chi connectivity index (χ1n) is 7.14. The third-order valence-corrected chi connectivity index (χ3v) is 3.33. The minimum atomic E-state index is -1.17. The van der Waals surface area contributed by atoms with Crippen LogP contribution in [0, 0.1) is 5.92 Å². The second kappa shape index (κ2) is 11.6. The van der Waals surface area contributed by atoms with Gasteiger partial charge in [-0.2, -0.15) is 0 Å². The van der Waals surface area contributed by atoms with Gasteiger partial charge >= 0.3 is 5.97 Å². The SMILES string of the molecule is C=C(C(=O)O)C(CC(C)O)C(CCCCCN=C=O)N=C=O. The summed E-state index contributed by atoms with van der Waals surface area (Å²) in [5.74, 6) is -1.79. The van der Waals surface area contributed by atoms with Crippen LogP contribution in [-0.4, -0.2) is 47.0 Å². The van der Waals surface area contributed by atoms with Gasteiger partial charge in [0.25, 0.3) is 0 Å². The highest BCUT2D eigenvalue weighted by Gasteiger charge is 2.28. The van der Waals surface area contributed by atoms with Crippen LogP contribution in [0.15, 0.2) is 22.1 Å². The van der Waals surface area contributed by atoms with Gasteiger partial charge in [-0.05, 0) is 26.2 Å². The van der Waals surface area contributed by atoms with Crippen molar-refractivity contribution in [2.75, 3.05) is 6.54 Å². The minimum Gasteiger partial charge on any atom is -0.478 e. The highest BCUT2D eigenvalue weighted by molar-refractivity contribution is 5.86. The molecule has 0 aliphatic rings. The van der Waals surface area contributed by atoms with Crippen LogP contribution in [-0.2, 0) is 14.4 Å². The second-order valence-corrected chi connectivity index (χ2v) is 5.13. The Labute approximate surface area is 129 Å². The highest BCUT2D eigenvalue weighted by atomic mass is 16.4. The number of aliphatic imine (C=N–C) groups is 2. The van der Waals surface area contributed by atoms with E-state index in [0.29, 0.717) is 25.8 Å². The lowest BCUT2D eigenvalue weighted by Crippen LogP contribution is -2.27. The molecule has 0 radical (unpaired) electrons. The fourth-order valence-electron chi connectivity index (χ4n) is 2.25. The van der Waals surface area contributed by atoms with Crippen molar-refractivity contribution in [3.05, 3.63) is 12.2 Å². The lowest BCUT2D eigenvalue weighted by Gasteiger charge is -2.24. The van der Waals surface area contributed by atoms with Crippen molar-refractivity contribution < 1.29 is 24.6 Å². The monoisotopic (exact) mass is 310 g/mol. The summed E-state index contributed by atoms with van der Waals surface area (Å²) >= 11 is 0. The first-order valence-corrected chi connectivity index (χ1v) is 7.14. The molecule has 0 saturated heterocycles. The number of carboxylic acid groups (broad SMARTS) is 1. The zero-order valence-electron chi connectivity index (χ0n) is 12.7. The van der Waals surface area contributed by atoms with Gasteiger partial charge in [-0.15, -0.1) is 0 Å². The molecule has 22 heavy (non-hydrogen) atoms. The molecule has 122 valence electrons. The third-order valence-electron chi connectivity index (χ3n) is 3.33. The quantitative estimate of drug-likeness (QED) is 0.246. The van der Waals surface area contributed by atoms with Gasteiger partial charge < -0.3 is 10.2 Å². The Morgan fingerprint density at radius 1 is 1.23 bits per heavy atom. The Kier molecular flexibility index (Phi) is 10.5. The summed E-state index contributed by atoms with van der Waals surface area (Å²) in [5, 5.41) is 18.6. The molecule has 0 bridgehead atoms. The van der Waals surface area contributed by atoms with E-state index < -0.39 is 24.0 Å². The number of nitrogens with zero attached hydrogens (tertiary/aromatic N) is 2. The summed E-state index contributed by atoms with van der Waals surface area (Å²) in [6.07, 6.45) is 4.98. The van der Waals surface area contributed by atoms with Gasteiger partial charge in [0.05, 0.1) is 18.7 Å². The Morgan fingerprint density at radius 2 is 1.91 bits per heavy atom. The number of aliphatic hydroxyl groups excluding tert-OH is 1. The molecule has 0 rings (SSSR count). The average Bonchev–Trinajstić information content (AvgIpc) is 2.46. The molecule has 3 unspecified atom stereocenters. The van der Waals surface area contributed by atoms with E-state index in [1.165, 1.54) is 12.2 Å². The van der Waals surface area contributed by atoms with E-state index in [1.54, 1.807) is 6.92 Å². The van der Waals surface area contributed by atoms with Crippen LogP contribution in [0.3, 0.4) is 0 Å². The van der Waals surface area contributed by atoms with E-state index in [2.05, 4.69) is 16.6 Å². The number of carboxylic acids is 1. The van der Waals surface area contributed by atoms with Gasteiger partial charge in [-0.25, -0.2) is 24.4 Å². The summed E-state index contributed by atoms with van der Waals surface area (Å²) in [4.78, 5) is 38.7. The molecule has 0 amide bonds. The van der Waals surface area contributed by atoms with Gasteiger partial charge in [-0.1, -0.05) is 19.4 Å². The maximum atomic E-state index is 11.1. The molecule has 0 aromatic carbocycles. The molecule has 0 aromatic heterocycles. The number of hydrogen-bond acceptors (Lipinski definition) is 6. The van der Waals surface area contributed by atoms with Crippen molar-refractivity contribution in [3.63, 3.8) is 0 Å². The van der Waals surface area contributed by atoms with E-state index in [9.17, 15) is 19.5 Å². The van der Waals surface area contributed by atoms with E-state index >= 15 is 0 Å². The zero-order valence-corrected chi connectivity index (χ0v) is 12.7. The lowest BCUT2D eigenvalue weighted by atomic mass is 9.85. The van der Waals surface area contributed by atoms with E-state index in [-0.39, 0.29) is 12.0 Å². The third kappa shape index (κ3) is 8.27. The number of aliphatic carboxylic acids is 1. The van der Waals surface area contributed by atoms with E-state index in [0.717, 1.165) is 6.42 Å². The summed E-state index contributed by atoms with van der Waals surface area (Å²) in [6.45, 7) is 5.46. The maximum absolute atomic E-state index is 11.1. The molecule has 3 atom stereocenters. The number of carbonyl (C=O) groups is 1. The molecular weight excluding hydrogens is 288 g/mol. The molecule has 0 aliphatic heterocycles. The van der Waals surface area contributed by atoms with Crippen molar-refractivity contribution >= 4 is 18.1 Å². The van der Waals surface area contributed by atoms with Crippen LogP contribution in [0.4, 0.5) is 0 Å². The van der Waals surface area contributed by atoms with Crippen molar-refractivity contribution in [2.24, 2.45) is 15.9 Å². The van der Waals surface area contributed by atoms with Gasteiger partial charge in [0, 0.05) is 11.5 Å². The first-order chi connectivity index (χ1) is 10.4. The number of hydrogen-bond donors (Lipinski definition) is 2. The lowest BCUT2D eigenvalue weighted by molar-refractivity contribution is -0.133. The molecule has 7 nitrogen and oxygen atoms in total. The number of carbonyl (C=O) groups excluding carboxylic acids is 2. The van der Waals surface area contributed by atoms with Crippen LogP contribution in [0.1, 0.15) is 39.0 Å². The Morgan fingerprint density at radius 3 is 2.41 bits per heavy atom. The van der Waals surface area contributed by atoms with Crippen LogP contribution >= 0.6 is 0 Å². The fourth-order valence-corrected chi connectivity index (χ4v) is 2.25. The zero-order chi connectivity index (χ0) is 17.0. The first kappa shape index (κ1) is 19.9. The predicted molar refractivity (Wildman–Crippen MR) is 79.9 cm³/mol. The minimum absolute atomic E-state index is 0.0737. The number of aliphatic hydroxyl groups is 1. The van der Waals surface area contributed by atoms with E-state index in [1.807, 2.05) is 0 Å². The van der Waals surface area contributed by atoms with Crippen molar-refractivity contribution in [3.8, 4) is 0 Å². The van der Waals surface area contributed by atoms with Gasteiger partial charge in [0.15, 0.2) is 0 Å². The van der Waals surface area contributed by atoms with Gasteiger partial charge in [0.2, 0.25) is 12.2 Å². The summed E-state index contributed by atoms with van der Waals surface area (Å²) in [5.41, 5.74) is -0.0737. The molecular formula is C15H22N2O5. The molecule has 7 heteroatoms. The number of rotatable bonds is 12. The molecule has 0 aromatic rings. The molecule has 0 spiro atoms. The van der Waals surface area contributed by atoms with Crippen LogP contribution in [0.5, 0.6) is 0 Å². The normalized spacial score (nSPS) is 14.1. The Hall–Kier alpha value is -2.07. The number of unbranched alkanes of at least 4 members (excludes halogenated alkanes) is 2. The summed E-state index contributed by atoms with van der Waals surface area (Å²) < 4.78 is 0. The molecule has 0 fully saturated rings. The smallest absolute Gasteiger partial charge is 0.331 e. The maximum Gasteiger partial charge on any atom is 0.331 e. The van der Waals surface area contributed by atoms with Crippen LogP contribution in [0.2, 0.25) is 0 Å². The predicted octanol–water partition coefficient (Wildman–Crippen LogP) is 1.61. The molecule has 0 saturated carbocycles. The average molecular weight is 310 g/mol. The van der Waals surface area contributed by atoms with Gasteiger partial charge in [-0.3, -0.25) is 0 Å². The second-order valence-electron chi connectivity index (χ2n) is 5.13. The van der Waals surface area contributed by atoms with Crippen molar-refractivity contribution in [2.45, 2.75) is 51.2 Å². The molecule has 0 aliphatic carbocycles. The largest absolute Gasteiger partial charge is 0.478 e. The van der Waals surface area contributed by atoms with Crippen molar-refractivity contribution in [1.29, 1.82) is 0 Å². The Bertz CT molecular complexity index is 463.